The number of likely N-dealkylation sites (N-methyl/N-ethyl adjacent to an activating group) is 1. The number of hydrogen-bond acceptors (Lipinski definition) is 9. The van der Waals surface area contributed by atoms with E-state index in [0.29, 0.717) is 32.8 Å². The molecule has 0 aliphatic carbocycles. The number of aromatic nitrogens is 3. The summed E-state index contributed by atoms with van der Waals surface area (Å²) in [6.45, 7) is 6.79. The molecule has 1 amide bonds. The number of anilines is 3. The maximum absolute atomic E-state index is 14.3. The Morgan fingerprint density at radius 1 is 0.958 bits per heavy atom. The number of benzene rings is 3. The first kappa shape index (κ1) is 33.3. The molecule has 0 spiro atoms. The molecule has 5 aromatic rings. The fourth-order valence-electron chi connectivity index (χ4n) is 5.28. The minimum atomic E-state index is -3.57. The highest BCUT2D eigenvalue weighted by atomic mass is 32.2. The average molecular weight is 689 g/mol. The molecule has 1 aliphatic heterocycles. The Morgan fingerprint density at radius 2 is 1.71 bits per heavy atom. The van der Waals surface area contributed by atoms with E-state index in [1.165, 1.54) is 28.5 Å². The van der Waals surface area contributed by atoms with Gasteiger partial charge in [0.25, 0.3) is 5.91 Å². The van der Waals surface area contributed by atoms with Crippen molar-refractivity contribution in [3.05, 3.63) is 106 Å². The van der Waals surface area contributed by atoms with Gasteiger partial charge < -0.3 is 15.5 Å². The monoisotopic (exact) mass is 688 g/mol. The zero-order valence-corrected chi connectivity index (χ0v) is 28.5. The molecular weight excluding hydrogens is 655 g/mol. The Morgan fingerprint density at radius 3 is 2.46 bits per heavy atom. The van der Waals surface area contributed by atoms with Crippen molar-refractivity contribution in [3.8, 4) is 21.8 Å². The molecule has 0 bridgehead atoms. The van der Waals surface area contributed by atoms with Gasteiger partial charge in [0, 0.05) is 36.2 Å². The van der Waals surface area contributed by atoms with Gasteiger partial charge in [-0.05, 0) is 87.8 Å². The highest BCUT2D eigenvalue weighted by Gasteiger charge is 2.31. The standard InChI is InChI=1S/C35H34F2N6O3S2/c1-35(2,3)48(45,46)20-29-42-31(22-7-5-8-24(17-22)39-33(44)30-26(36)9-6-10-27(30)37)32(47-29)28-13-15-38-34(41-28)40-25-12-11-21-14-16-43(4)19-23(21)18-25/h5-13,15,17-18H,14,16,19-20H2,1-4H3,(H,39,44)(H,38,40,41). The lowest BCUT2D eigenvalue weighted by atomic mass is 9.99. The highest BCUT2D eigenvalue weighted by molar-refractivity contribution is 7.92. The Bertz CT molecular complexity index is 2110. The maximum atomic E-state index is 14.3. The van der Waals surface area contributed by atoms with Crippen molar-refractivity contribution in [3.63, 3.8) is 0 Å². The molecular formula is C35H34F2N6O3S2. The summed E-state index contributed by atoms with van der Waals surface area (Å²) in [6, 6.07) is 17.8. The van der Waals surface area contributed by atoms with Crippen molar-refractivity contribution in [1.82, 2.24) is 19.9 Å². The van der Waals surface area contributed by atoms with Crippen molar-refractivity contribution < 1.29 is 22.0 Å². The van der Waals surface area contributed by atoms with Crippen LogP contribution in [0.1, 0.15) is 47.3 Å². The molecule has 9 nitrogen and oxygen atoms in total. The first-order valence-electron chi connectivity index (χ1n) is 15.3. The van der Waals surface area contributed by atoms with Gasteiger partial charge in [-0.15, -0.1) is 11.3 Å². The van der Waals surface area contributed by atoms with Crippen LogP contribution in [0.15, 0.2) is 72.9 Å². The smallest absolute Gasteiger partial charge is 0.261 e. The molecule has 3 heterocycles. The second kappa shape index (κ2) is 13.1. The fourth-order valence-corrected chi connectivity index (χ4v) is 7.65. The number of carbonyl (C=O) groups is 1. The fraction of sp³-hybridized carbons (Fsp3) is 0.257. The number of nitrogens with zero attached hydrogens (tertiary/aromatic N) is 4. The largest absolute Gasteiger partial charge is 0.324 e. The first-order chi connectivity index (χ1) is 22.8. The SMILES string of the molecule is CN1CCc2ccc(Nc3nccc(-c4sc(CS(=O)(=O)C(C)(C)C)nc4-c4cccc(NC(=O)c5c(F)cccc5F)c4)n3)cc2C1. The summed E-state index contributed by atoms with van der Waals surface area (Å²) in [6.07, 6.45) is 2.61. The molecule has 2 N–H and O–H groups in total. The molecule has 48 heavy (non-hydrogen) atoms. The Balaban J connectivity index is 1.36. The van der Waals surface area contributed by atoms with Crippen molar-refractivity contribution >= 4 is 44.4 Å². The Kier molecular flexibility index (Phi) is 9.12. The molecule has 1 aliphatic rings. The van der Waals surface area contributed by atoms with Crippen LogP contribution in [0.25, 0.3) is 21.8 Å². The van der Waals surface area contributed by atoms with E-state index in [0.717, 1.165) is 37.3 Å². The number of fused-ring (bicyclic) bond motifs is 1. The molecule has 13 heteroatoms. The first-order valence-corrected chi connectivity index (χ1v) is 17.7. The molecule has 0 atom stereocenters. The van der Waals surface area contributed by atoms with Crippen LogP contribution in [0.3, 0.4) is 0 Å². The number of sulfone groups is 1. The van der Waals surface area contributed by atoms with Crippen molar-refractivity contribution in [2.75, 3.05) is 24.2 Å². The number of nitrogens with one attached hydrogen (secondary N) is 2. The molecule has 2 aromatic heterocycles. The van der Waals surface area contributed by atoms with Crippen LogP contribution in [0, 0.1) is 11.6 Å². The van der Waals surface area contributed by atoms with E-state index >= 15 is 0 Å². The van der Waals surface area contributed by atoms with Crippen molar-refractivity contribution in [2.45, 2.75) is 44.2 Å². The van der Waals surface area contributed by atoms with Crippen LogP contribution >= 0.6 is 11.3 Å². The van der Waals surface area contributed by atoms with Crippen LogP contribution in [0.5, 0.6) is 0 Å². The van der Waals surface area contributed by atoms with Crippen LogP contribution in [0.2, 0.25) is 0 Å². The van der Waals surface area contributed by atoms with Crippen LogP contribution in [-0.2, 0) is 28.6 Å². The molecule has 248 valence electrons. The summed E-state index contributed by atoms with van der Waals surface area (Å²) in [4.78, 5) is 29.6. The minimum Gasteiger partial charge on any atom is -0.324 e. The predicted molar refractivity (Wildman–Crippen MR) is 185 cm³/mol. The lowest BCUT2D eigenvalue weighted by Gasteiger charge is -2.25. The van der Waals surface area contributed by atoms with E-state index in [1.807, 2.05) is 6.07 Å². The zero-order chi connectivity index (χ0) is 34.2. The summed E-state index contributed by atoms with van der Waals surface area (Å²) >= 11 is 1.20. The zero-order valence-electron chi connectivity index (χ0n) is 26.8. The third kappa shape index (κ3) is 7.13. The van der Waals surface area contributed by atoms with E-state index in [1.54, 1.807) is 57.3 Å². The number of carbonyl (C=O) groups excluding carboxylic acids is 1. The summed E-state index contributed by atoms with van der Waals surface area (Å²) in [5, 5.41) is 6.22. The lowest BCUT2D eigenvalue weighted by Crippen LogP contribution is -2.29. The van der Waals surface area contributed by atoms with Crippen LogP contribution in [0.4, 0.5) is 26.1 Å². The second-order valence-corrected chi connectivity index (χ2v) is 16.5. The van der Waals surface area contributed by atoms with Gasteiger partial charge in [-0.2, -0.15) is 0 Å². The molecule has 0 saturated heterocycles. The van der Waals surface area contributed by atoms with Gasteiger partial charge in [0.15, 0.2) is 9.84 Å². The van der Waals surface area contributed by atoms with E-state index in [9.17, 15) is 22.0 Å². The van der Waals surface area contributed by atoms with Gasteiger partial charge in [-0.25, -0.2) is 32.2 Å². The quantitative estimate of drug-likeness (QED) is 0.175. The van der Waals surface area contributed by atoms with E-state index < -0.39 is 37.7 Å². The molecule has 6 rings (SSSR count). The van der Waals surface area contributed by atoms with Gasteiger partial charge in [-0.3, -0.25) is 4.79 Å². The van der Waals surface area contributed by atoms with Gasteiger partial charge in [-0.1, -0.05) is 24.3 Å². The molecule has 0 radical (unpaired) electrons. The molecule has 0 unspecified atom stereocenters. The minimum absolute atomic E-state index is 0.270. The van der Waals surface area contributed by atoms with Gasteiger partial charge in [0.2, 0.25) is 5.95 Å². The summed E-state index contributed by atoms with van der Waals surface area (Å²) < 4.78 is 53.9. The number of hydrogen-bond donors (Lipinski definition) is 2. The van der Waals surface area contributed by atoms with Crippen molar-refractivity contribution in [2.24, 2.45) is 0 Å². The van der Waals surface area contributed by atoms with Crippen molar-refractivity contribution in [1.29, 1.82) is 0 Å². The van der Waals surface area contributed by atoms with E-state index in [-0.39, 0.29) is 11.4 Å². The van der Waals surface area contributed by atoms with Gasteiger partial charge in [0.1, 0.15) is 28.0 Å². The van der Waals surface area contributed by atoms with Gasteiger partial charge >= 0.3 is 0 Å². The molecule has 0 saturated carbocycles. The van der Waals surface area contributed by atoms with E-state index in [2.05, 4.69) is 39.7 Å². The van der Waals surface area contributed by atoms with E-state index in [4.69, 9.17) is 9.97 Å². The molecule has 0 fully saturated rings. The predicted octanol–water partition coefficient (Wildman–Crippen LogP) is 7.24. The summed E-state index contributed by atoms with van der Waals surface area (Å²) in [7, 11) is -1.48. The number of rotatable bonds is 8. The van der Waals surface area contributed by atoms with Crippen LogP contribution in [-0.4, -0.2) is 52.5 Å². The Labute approximate surface area is 282 Å². The maximum Gasteiger partial charge on any atom is 0.261 e. The lowest BCUT2D eigenvalue weighted by molar-refractivity contribution is 0.101. The Hall–Kier alpha value is -4.59. The normalized spacial score (nSPS) is 13.6. The third-order valence-electron chi connectivity index (χ3n) is 8.06. The molecule has 3 aromatic carbocycles. The topological polar surface area (TPSA) is 117 Å². The summed E-state index contributed by atoms with van der Waals surface area (Å²) in [5.74, 6) is -2.83. The number of halogens is 2. The second-order valence-electron chi connectivity index (χ2n) is 12.7. The van der Waals surface area contributed by atoms with Gasteiger partial charge in [0.05, 0.1) is 21.0 Å². The highest BCUT2D eigenvalue weighted by Crippen LogP contribution is 2.39. The number of thiazole rings is 1. The summed E-state index contributed by atoms with van der Waals surface area (Å²) in [5.41, 5.74) is 4.47. The number of amides is 1. The van der Waals surface area contributed by atoms with Crippen LogP contribution < -0.4 is 10.6 Å². The third-order valence-corrected chi connectivity index (χ3v) is 11.8. The average Bonchev–Trinajstić information content (AvgIpc) is 3.44.